The summed E-state index contributed by atoms with van der Waals surface area (Å²) in [7, 11) is -4.06. The van der Waals surface area contributed by atoms with Crippen LogP contribution in [0.5, 0.6) is 0 Å². The minimum Gasteiger partial charge on any atom is -0.335 e. The Morgan fingerprint density at radius 2 is 1.76 bits per heavy atom. The summed E-state index contributed by atoms with van der Waals surface area (Å²) in [5.41, 5.74) is -0.685. The minimum absolute atomic E-state index is 0.0178. The number of alkyl halides is 3. The number of carbonyl (C=O) groups excluding carboxylic acids is 1. The summed E-state index contributed by atoms with van der Waals surface area (Å²) >= 11 is 0. The molecule has 4 saturated carbocycles. The van der Waals surface area contributed by atoms with Gasteiger partial charge < -0.3 is 10.6 Å². The van der Waals surface area contributed by atoms with Crippen molar-refractivity contribution in [3.05, 3.63) is 29.8 Å². The van der Waals surface area contributed by atoms with Gasteiger partial charge in [0, 0.05) is 17.6 Å². The Balaban J connectivity index is 1.12. The van der Waals surface area contributed by atoms with E-state index >= 15 is 0 Å². The predicted octanol–water partition coefficient (Wildman–Crippen LogP) is 4.32. The molecule has 0 aliphatic heterocycles. The Hall–Kier alpha value is -1.81. The molecule has 2 amide bonds. The molecular formula is C23H30F3N3O3S. The van der Waals surface area contributed by atoms with Crippen LogP contribution in [0.4, 0.5) is 18.0 Å². The molecule has 6 nitrogen and oxygen atoms in total. The van der Waals surface area contributed by atoms with Crippen LogP contribution < -0.4 is 15.4 Å². The summed E-state index contributed by atoms with van der Waals surface area (Å²) < 4.78 is 66.5. The summed E-state index contributed by atoms with van der Waals surface area (Å²) in [6.07, 6.45) is 4.81. The highest BCUT2D eigenvalue weighted by Gasteiger charge is 2.73. The van der Waals surface area contributed by atoms with Crippen molar-refractivity contribution in [2.24, 2.45) is 11.3 Å². The Morgan fingerprint density at radius 1 is 1.03 bits per heavy atom. The lowest BCUT2D eigenvalue weighted by Gasteiger charge is -2.30. The third-order valence-electron chi connectivity index (χ3n) is 8.32. The van der Waals surface area contributed by atoms with Gasteiger partial charge in [0.1, 0.15) is 0 Å². The molecule has 3 unspecified atom stereocenters. The van der Waals surface area contributed by atoms with Crippen LogP contribution in [0.2, 0.25) is 0 Å². The first-order valence-electron chi connectivity index (χ1n) is 11.8. The lowest BCUT2D eigenvalue weighted by atomic mass is 9.83. The van der Waals surface area contributed by atoms with E-state index in [1.54, 1.807) is 0 Å². The van der Waals surface area contributed by atoms with Crippen molar-refractivity contribution in [3.63, 3.8) is 0 Å². The monoisotopic (exact) mass is 485 g/mol. The molecule has 3 N–H and O–H groups in total. The third-order valence-corrected chi connectivity index (χ3v) is 9.84. The molecule has 4 aliphatic carbocycles. The smallest absolute Gasteiger partial charge is 0.335 e. The van der Waals surface area contributed by atoms with Crippen molar-refractivity contribution in [3.8, 4) is 0 Å². The summed E-state index contributed by atoms with van der Waals surface area (Å²) in [6.45, 7) is 0. The van der Waals surface area contributed by atoms with Crippen LogP contribution in [0.3, 0.4) is 0 Å². The topological polar surface area (TPSA) is 87.3 Å². The van der Waals surface area contributed by atoms with Crippen molar-refractivity contribution in [2.75, 3.05) is 0 Å². The summed E-state index contributed by atoms with van der Waals surface area (Å²) in [4.78, 5) is 12.3. The largest absolute Gasteiger partial charge is 0.416 e. The lowest BCUT2D eigenvalue weighted by molar-refractivity contribution is -0.137. The van der Waals surface area contributed by atoms with Gasteiger partial charge in [0.2, 0.25) is 10.0 Å². The number of rotatable bonds is 5. The van der Waals surface area contributed by atoms with E-state index in [1.165, 1.54) is 25.7 Å². The van der Waals surface area contributed by atoms with Gasteiger partial charge in [-0.2, -0.15) is 13.2 Å². The van der Waals surface area contributed by atoms with Crippen molar-refractivity contribution in [1.29, 1.82) is 0 Å². The van der Waals surface area contributed by atoms with Crippen LogP contribution in [0.1, 0.15) is 69.8 Å². The molecule has 182 valence electrons. The van der Waals surface area contributed by atoms with Gasteiger partial charge in [-0.05, 0) is 80.9 Å². The van der Waals surface area contributed by atoms with E-state index in [1.807, 2.05) is 0 Å². The number of urea groups is 1. The molecule has 10 heteroatoms. The number of hydrogen-bond acceptors (Lipinski definition) is 3. The van der Waals surface area contributed by atoms with Gasteiger partial charge in [-0.3, -0.25) is 0 Å². The van der Waals surface area contributed by atoms with E-state index in [0.29, 0.717) is 37.2 Å². The van der Waals surface area contributed by atoms with E-state index in [4.69, 9.17) is 0 Å². The number of fused-ring (bicyclic) bond motifs is 1. The highest BCUT2D eigenvalue weighted by Crippen LogP contribution is 2.73. The van der Waals surface area contributed by atoms with Crippen LogP contribution in [0.25, 0.3) is 0 Å². The number of sulfonamides is 1. The second kappa shape index (κ2) is 7.86. The highest BCUT2D eigenvalue weighted by atomic mass is 32.2. The SMILES string of the molecule is O=C(NC1CCC(NS(=O)(=O)c2cccc(C(F)(F)F)c2)CC1)NC12CC3CCCC1(C3)C2. The van der Waals surface area contributed by atoms with Gasteiger partial charge in [0.05, 0.1) is 10.5 Å². The first kappa shape index (κ1) is 23.0. The summed E-state index contributed by atoms with van der Waals surface area (Å²) in [6, 6.07) is 3.23. The maximum atomic E-state index is 12.9. The average molecular weight is 486 g/mol. The van der Waals surface area contributed by atoms with Crippen LogP contribution in [0, 0.1) is 11.3 Å². The van der Waals surface area contributed by atoms with Crippen LogP contribution in [-0.2, 0) is 16.2 Å². The van der Waals surface area contributed by atoms with Gasteiger partial charge in [-0.25, -0.2) is 17.9 Å². The zero-order valence-electron chi connectivity index (χ0n) is 18.4. The zero-order chi connectivity index (χ0) is 23.5. The molecule has 5 rings (SSSR count). The molecule has 4 fully saturated rings. The van der Waals surface area contributed by atoms with E-state index < -0.39 is 26.7 Å². The zero-order valence-corrected chi connectivity index (χ0v) is 19.2. The van der Waals surface area contributed by atoms with E-state index in [-0.39, 0.29) is 23.7 Å². The first-order chi connectivity index (χ1) is 15.5. The third kappa shape index (κ3) is 4.36. The molecule has 3 atom stereocenters. The summed E-state index contributed by atoms with van der Waals surface area (Å²) in [5, 5.41) is 6.33. The Morgan fingerprint density at radius 3 is 2.45 bits per heavy atom. The first-order valence-corrected chi connectivity index (χ1v) is 13.3. The van der Waals surface area contributed by atoms with E-state index in [0.717, 1.165) is 37.0 Å². The molecule has 0 saturated heterocycles. The van der Waals surface area contributed by atoms with Crippen LogP contribution >= 0.6 is 0 Å². The van der Waals surface area contributed by atoms with Gasteiger partial charge in [0.25, 0.3) is 0 Å². The Bertz CT molecular complexity index is 1040. The molecule has 1 aromatic carbocycles. The Labute approximate surface area is 192 Å². The normalized spacial score (nSPS) is 35.5. The fourth-order valence-corrected chi connectivity index (χ4v) is 8.07. The maximum absolute atomic E-state index is 12.9. The molecular weight excluding hydrogens is 455 g/mol. The van der Waals surface area contributed by atoms with Crippen molar-refractivity contribution in [1.82, 2.24) is 15.4 Å². The molecule has 0 radical (unpaired) electrons. The maximum Gasteiger partial charge on any atom is 0.416 e. The molecule has 1 aromatic rings. The van der Waals surface area contributed by atoms with Gasteiger partial charge in [-0.1, -0.05) is 18.9 Å². The average Bonchev–Trinajstić information content (AvgIpc) is 3.24. The molecule has 4 aliphatic rings. The van der Waals surface area contributed by atoms with Crippen molar-refractivity contribution < 1.29 is 26.4 Å². The molecule has 2 bridgehead atoms. The summed E-state index contributed by atoms with van der Waals surface area (Å²) in [5.74, 6) is 0.744. The van der Waals surface area contributed by atoms with E-state index in [9.17, 15) is 26.4 Å². The highest BCUT2D eigenvalue weighted by molar-refractivity contribution is 7.89. The predicted molar refractivity (Wildman–Crippen MR) is 116 cm³/mol. The minimum atomic E-state index is -4.60. The van der Waals surface area contributed by atoms with Crippen molar-refractivity contribution in [2.45, 2.75) is 92.9 Å². The van der Waals surface area contributed by atoms with Crippen molar-refractivity contribution >= 4 is 16.1 Å². The second-order valence-corrected chi connectivity index (χ2v) is 12.2. The Kier molecular flexibility index (Phi) is 5.47. The standard InChI is InChI=1S/C23H30F3N3O3S/c24-23(25,26)16-4-1-5-19(11-16)33(31,32)29-18-8-6-17(7-9-18)27-20(30)28-22-13-15-3-2-10-21(22,12-15)14-22/h1,4-5,11,15,17-18,29H,2-3,6-10,12-14H2,(H2,27,28,30). The molecule has 33 heavy (non-hydrogen) atoms. The van der Waals surface area contributed by atoms with Gasteiger partial charge in [-0.15, -0.1) is 0 Å². The number of hydrogen-bond donors (Lipinski definition) is 3. The number of carbonyl (C=O) groups is 1. The number of nitrogens with one attached hydrogen (secondary N) is 3. The number of benzene rings is 1. The molecule has 0 aromatic heterocycles. The van der Waals surface area contributed by atoms with Gasteiger partial charge in [0.15, 0.2) is 0 Å². The lowest BCUT2D eigenvalue weighted by Crippen LogP contribution is -2.50. The fraction of sp³-hybridized carbons (Fsp3) is 0.696. The van der Waals surface area contributed by atoms with Crippen LogP contribution in [-0.4, -0.2) is 32.1 Å². The quantitative estimate of drug-likeness (QED) is 0.581. The second-order valence-electron chi connectivity index (χ2n) is 10.5. The van der Waals surface area contributed by atoms with Gasteiger partial charge >= 0.3 is 12.2 Å². The van der Waals surface area contributed by atoms with E-state index in [2.05, 4.69) is 15.4 Å². The number of halogens is 3. The van der Waals surface area contributed by atoms with Crippen LogP contribution in [0.15, 0.2) is 29.2 Å². The fourth-order valence-electron chi connectivity index (χ4n) is 6.72. The molecule has 1 spiro atoms. The number of amides is 2. The molecule has 0 heterocycles.